The summed E-state index contributed by atoms with van der Waals surface area (Å²) in [5.74, 6) is 0.145. The number of ether oxygens (including phenoxy) is 2. The van der Waals surface area contributed by atoms with Gasteiger partial charge in [-0.15, -0.1) is 0 Å². The number of unbranched alkanes of at least 4 members (excludes halogenated alkanes) is 5. The van der Waals surface area contributed by atoms with Crippen molar-refractivity contribution in [1.82, 2.24) is 5.32 Å². The summed E-state index contributed by atoms with van der Waals surface area (Å²) in [7, 11) is 0. The van der Waals surface area contributed by atoms with Gasteiger partial charge in [-0.1, -0.05) is 73.6 Å². The van der Waals surface area contributed by atoms with E-state index >= 15 is 0 Å². The zero-order valence-corrected chi connectivity index (χ0v) is 17.4. The number of rotatable bonds is 15. The van der Waals surface area contributed by atoms with E-state index in [0.29, 0.717) is 32.8 Å². The van der Waals surface area contributed by atoms with Crippen LogP contribution in [0.1, 0.15) is 94.3 Å². The van der Waals surface area contributed by atoms with Gasteiger partial charge in [-0.05, 0) is 12.8 Å². The van der Waals surface area contributed by atoms with Crippen molar-refractivity contribution < 1.29 is 15.7 Å². The highest BCUT2D eigenvalue weighted by molar-refractivity contribution is 5.75. The van der Waals surface area contributed by atoms with Gasteiger partial charge >= 0.3 is 0 Å². The molecule has 0 atom stereocenters. The molecular weight excluding hydrogens is 302 g/mol. The molecule has 0 aliphatic rings. The molecule has 0 fully saturated rings. The molecule has 0 rings (SSSR count). The first-order chi connectivity index (χ1) is 11.8. The van der Waals surface area contributed by atoms with Crippen molar-refractivity contribution in [2.24, 2.45) is 0 Å². The number of hydrogen-bond donors (Lipinski definition) is 1. The fourth-order valence-electron chi connectivity index (χ4n) is 1.88. The van der Waals surface area contributed by atoms with E-state index in [0.717, 1.165) is 19.4 Å². The van der Waals surface area contributed by atoms with Crippen LogP contribution in [0.25, 0.3) is 0 Å². The molecular formula is C20H47NO3. The van der Waals surface area contributed by atoms with Crippen molar-refractivity contribution >= 4 is 5.91 Å². The molecule has 0 aliphatic carbocycles. The summed E-state index contributed by atoms with van der Waals surface area (Å²) < 4.78 is 10.7. The number of carbonyl (C=O) groups is 1. The average Bonchev–Trinajstić information content (AvgIpc) is 2.63. The first kappa shape index (κ1) is 28.2. The van der Waals surface area contributed by atoms with Crippen molar-refractivity contribution in [3.8, 4) is 0 Å². The van der Waals surface area contributed by atoms with E-state index in [1.165, 1.54) is 32.1 Å². The molecule has 0 saturated carbocycles. The quantitative estimate of drug-likeness (QED) is 0.392. The molecule has 0 aliphatic heterocycles. The van der Waals surface area contributed by atoms with Crippen molar-refractivity contribution in [3.05, 3.63) is 0 Å². The third kappa shape index (κ3) is 29.4. The standard InChI is InChI=1S/C16H33NO3.2C2H6.H2/c1-3-5-6-7-8-9-10-16(18)17-11-13-20-15-14-19-12-4-2;2*1-2;/h3-15H2,1-2H3,(H,17,18);2*1-2H3;1H. The first-order valence-electron chi connectivity index (χ1n) is 10.2. The Kier molecular flexibility index (Phi) is 35.6. The van der Waals surface area contributed by atoms with E-state index in [9.17, 15) is 4.79 Å². The Balaban J connectivity index is -0.000000408. The lowest BCUT2D eigenvalue weighted by Gasteiger charge is -2.07. The normalized spacial score (nSPS) is 9.42. The summed E-state index contributed by atoms with van der Waals surface area (Å²) in [6, 6.07) is 0. The second-order valence-corrected chi connectivity index (χ2v) is 5.09. The van der Waals surface area contributed by atoms with Gasteiger partial charge in [-0.3, -0.25) is 4.79 Å². The van der Waals surface area contributed by atoms with Crippen LogP contribution in [0.5, 0.6) is 0 Å². The van der Waals surface area contributed by atoms with Crippen LogP contribution in [0.3, 0.4) is 0 Å². The molecule has 0 spiro atoms. The van der Waals surface area contributed by atoms with Crippen LogP contribution in [0.4, 0.5) is 0 Å². The second-order valence-electron chi connectivity index (χ2n) is 5.09. The van der Waals surface area contributed by atoms with Gasteiger partial charge in [0, 0.05) is 21.0 Å². The van der Waals surface area contributed by atoms with E-state index in [1.54, 1.807) is 0 Å². The molecule has 24 heavy (non-hydrogen) atoms. The largest absolute Gasteiger partial charge is 0.379 e. The molecule has 0 aromatic rings. The van der Waals surface area contributed by atoms with Crippen molar-refractivity contribution in [3.63, 3.8) is 0 Å². The topological polar surface area (TPSA) is 47.6 Å². The van der Waals surface area contributed by atoms with Gasteiger partial charge in [-0.2, -0.15) is 0 Å². The van der Waals surface area contributed by atoms with Gasteiger partial charge in [0.15, 0.2) is 0 Å². The highest BCUT2D eigenvalue weighted by atomic mass is 16.5. The maximum Gasteiger partial charge on any atom is 0.220 e. The lowest BCUT2D eigenvalue weighted by Crippen LogP contribution is -2.27. The lowest BCUT2D eigenvalue weighted by molar-refractivity contribution is -0.121. The molecule has 0 bridgehead atoms. The monoisotopic (exact) mass is 349 g/mol. The van der Waals surface area contributed by atoms with Gasteiger partial charge in [0.2, 0.25) is 5.91 Å². The van der Waals surface area contributed by atoms with Gasteiger partial charge in [0.05, 0.1) is 19.8 Å². The van der Waals surface area contributed by atoms with Crippen molar-refractivity contribution in [2.75, 3.05) is 33.0 Å². The smallest absolute Gasteiger partial charge is 0.220 e. The SMILES string of the molecule is CC.CC.CCCCCCCCC(=O)NCCOCCOCCC.[HH]. The molecule has 4 heteroatoms. The van der Waals surface area contributed by atoms with Crippen LogP contribution in [0, 0.1) is 0 Å². The van der Waals surface area contributed by atoms with Crippen molar-refractivity contribution in [1.29, 1.82) is 0 Å². The predicted molar refractivity (Wildman–Crippen MR) is 108 cm³/mol. The predicted octanol–water partition coefficient (Wildman–Crippen LogP) is 5.59. The summed E-state index contributed by atoms with van der Waals surface area (Å²) >= 11 is 0. The van der Waals surface area contributed by atoms with Gasteiger partial charge in [0.25, 0.3) is 0 Å². The Morgan fingerprint density at radius 2 is 1.29 bits per heavy atom. The van der Waals surface area contributed by atoms with Crippen LogP contribution in [-0.2, 0) is 14.3 Å². The minimum atomic E-state index is 0. The highest BCUT2D eigenvalue weighted by Gasteiger charge is 2.00. The molecule has 150 valence electrons. The maximum absolute atomic E-state index is 11.5. The average molecular weight is 350 g/mol. The van der Waals surface area contributed by atoms with E-state index in [1.807, 2.05) is 27.7 Å². The Morgan fingerprint density at radius 3 is 1.88 bits per heavy atom. The molecule has 0 heterocycles. The molecule has 0 saturated heterocycles. The third-order valence-corrected chi connectivity index (χ3v) is 3.05. The van der Waals surface area contributed by atoms with E-state index in [2.05, 4.69) is 19.2 Å². The van der Waals surface area contributed by atoms with Crippen LogP contribution in [0.15, 0.2) is 0 Å². The summed E-state index contributed by atoms with van der Waals surface area (Å²) in [5.41, 5.74) is 0. The zero-order chi connectivity index (χ0) is 18.9. The lowest BCUT2D eigenvalue weighted by atomic mass is 10.1. The molecule has 0 aromatic carbocycles. The minimum Gasteiger partial charge on any atom is -0.379 e. The Morgan fingerprint density at radius 1 is 0.750 bits per heavy atom. The third-order valence-electron chi connectivity index (χ3n) is 3.05. The molecule has 0 radical (unpaired) electrons. The molecule has 0 aromatic heterocycles. The second kappa shape index (κ2) is 30.3. The van der Waals surface area contributed by atoms with E-state index in [-0.39, 0.29) is 7.33 Å². The highest BCUT2D eigenvalue weighted by Crippen LogP contribution is 2.06. The fourth-order valence-corrected chi connectivity index (χ4v) is 1.88. The Bertz CT molecular complexity index is 217. The maximum atomic E-state index is 11.5. The summed E-state index contributed by atoms with van der Waals surface area (Å²) in [6.07, 6.45) is 8.98. The van der Waals surface area contributed by atoms with Gasteiger partial charge in [0.1, 0.15) is 0 Å². The van der Waals surface area contributed by atoms with Crippen LogP contribution < -0.4 is 5.32 Å². The zero-order valence-electron chi connectivity index (χ0n) is 17.4. The van der Waals surface area contributed by atoms with Crippen LogP contribution in [-0.4, -0.2) is 38.9 Å². The fraction of sp³-hybridized carbons (Fsp3) is 0.950. The first-order valence-corrected chi connectivity index (χ1v) is 10.2. The van der Waals surface area contributed by atoms with Gasteiger partial charge < -0.3 is 14.8 Å². The summed E-state index contributed by atoms with van der Waals surface area (Å²) in [4.78, 5) is 11.5. The van der Waals surface area contributed by atoms with Crippen LogP contribution in [0.2, 0.25) is 0 Å². The molecule has 1 amide bonds. The summed E-state index contributed by atoms with van der Waals surface area (Å²) in [6.45, 7) is 15.5. The summed E-state index contributed by atoms with van der Waals surface area (Å²) in [5, 5.41) is 2.88. The number of nitrogens with one attached hydrogen (secondary N) is 1. The Hall–Kier alpha value is -0.610. The number of carbonyl (C=O) groups excluding carboxylic acids is 1. The van der Waals surface area contributed by atoms with Gasteiger partial charge in [-0.25, -0.2) is 0 Å². The van der Waals surface area contributed by atoms with Crippen LogP contribution >= 0.6 is 0 Å². The minimum absolute atomic E-state index is 0. The Labute approximate surface area is 153 Å². The van der Waals surface area contributed by atoms with E-state index < -0.39 is 0 Å². The van der Waals surface area contributed by atoms with Crippen molar-refractivity contribution in [2.45, 2.75) is 92.9 Å². The number of hydrogen-bond acceptors (Lipinski definition) is 3. The van der Waals surface area contributed by atoms with E-state index in [4.69, 9.17) is 9.47 Å². The number of amides is 1. The molecule has 1 N–H and O–H groups in total. The molecule has 0 unspecified atom stereocenters. The molecule has 4 nitrogen and oxygen atoms in total.